The van der Waals surface area contributed by atoms with Gasteiger partial charge in [-0.25, -0.2) is 0 Å². The lowest BCUT2D eigenvalue weighted by Gasteiger charge is -2.14. The number of hydrogen-bond acceptors (Lipinski definition) is 4. The molecule has 4 nitrogen and oxygen atoms in total. The Bertz CT molecular complexity index is 353. The molecule has 1 fully saturated rings. The van der Waals surface area contributed by atoms with E-state index in [1.54, 1.807) is 0 Å². The van der Waals surface area contributed by atoms with Gasteiger partial charge in [0.05, 0.1) is 25.9 Å². The largest absolute Gasteiger partial charge is 0.374 e. The van der Waals surface area contributed by atoms with Crippen LogP contribution in [-0.4, -0.2) is 38.2 Å². The van der Waals surface area contributed by atoms with Crippen molar-refractivity contribution in [1.82, 2.24) is 5.32 Å². The van der Waals surface area contributed by atoms with Crippen molar-refractivity contribution in [1.29, 1.82) is 0 Å². The lowest BCUT2D eigenvalue weighted by Crippen LogP contribution is -2.30. The molecule has 1 heterocycles. The summed E-state index contributed by atoms with van der Waals surface area (Å²) >= 11 is 0. The van der Waals surface area contributed by atoms with Crippen LogP contribution in [0, 0.1) is 0 Å². The summed E-state index contributed by atoms with van der Waals surface area (Å²) in [4.78, 5) is 11.1. The van der Waals surface area contributed by atoms with E-state index in [4.69, 9.17) is 9.47 Å². The van der Waals surface area contributed by atoms with Crippen molar-refractivity contribution in [3.8, 4) is 0 Å². The summed E-state index contributed by atoms with van der Waals surface area (Å²) in [6, 6.07) is 10.0. The zero-order chi connectivity index (χ0) is 11.9. The highest BCUT2D eigenvalue weighted by Gasteiger charge is 2.16. The standard InChI is InChI=1S/C13H17NO3/c15-12-6-14-7-13(17-9-12)10-16-8-11-4-2-1-3-5-11/h1-5,13-14H,6-10H2/t13-/m0/s1. The number of nitrogens with one attached hydrogen (secondary N) is 1. The number of Topliss-reactive ketones (excluding diaryl/α,β-unsaturated/α-hetero) is 1. The fourth-order valence-electron chi connectivity index (χ4n) is 1.68. The molecule has 92 valence electrons. The zero-order valence-electron chi connectivity index (χ0n) is 9.72. The van der Waals surface area contributed by atoms with Crippen LogP contribution in [0.15, 0.2) is 30.3 Å². The summed E-state index contributed by atoms with van der Waals surface area (Å²) in [6.07, 6.45) is -0.0369. The third-order valence-corrected chi connectivity index (χ3v) is 2.59. The van der Waals surface area contributed by atoms with Crippen LogP contribution in [-0.2, 0) is 20.9 Å². The molecule has 0 saturated carbocycles. The SMILES string of the molecule is O=C1CNC[C@@H](COCc2ccccc2)OC1. The summed E-state index contributed by atoms with van der Waals surface area (Å²) in [7, 11) is 0. The summed E-state index contributed by atoms with van der Waals surface area (Å²) in [5.41, 5.74) is 1.14. The number of benzene rings is 1. The number of ether oxygens (including phenoxy) is 2. The monoisotopic (exact) mass is 235 g/mol. The second-order valence-corrected chi connectivity index (χ2v) is 4.10. The van der Waals surface area contributed by atoms with Crippen molar-refractivity contribution in [3.05, 3.63) is 35.9 Å². The summed E-state index contributed by atoms with van der Waals surface area (Å²) < 4.78 is 11.0. The Kier molecular flexibility index (Phi) is 4.67. The molecule has 0 radical (unpaired) electrons. The van der Waals surface area contributed by atoms with E-state index in [2.05, 4.69) is 5.32 Å². The minimum Gasteiger partial charge on any atom is -0.374 e. The lowest BCUT2D eigenvalue weighted by atomic mass is 10.2. The van der Waals surface area contributed by atoms with Crippen LogP contribution >= 0.6 is 0 Å². The fourth-order valence-corrected chi connectivity index (χ4v) is 1.68. The first-order chi connectivity index (χ1) is 8.34. The predicted molar refractivity (Wildman–Crippen MR) is 63.7 cm³/mol. The van der Waals surface area contributed by atoms with Crippen molar-refractivity contribution in [2.24, 2.45) is 0 Å². The van der Waals surface area contributed by atoms with Crippen LogP contribution in [0.1, 0.15) is 5.56 Å². The molecule has 1 aliphatic heterocycles. The highest BCUT2D eigenvalue weighted by molar-refractivity contribution is 5.81. The van der Waals surface area contributed by atoms with Crippen molar-refractivity contribution < 1.29 is 14.3 Å². The highest BCUT2D eigenvalue weighted by atomic mass is 16.5. The van der Waals surface area contributed by atoms with Gasteiger partial charge >= 0.3 is 0 Å². The fraction of sp³-hybridized carbons (Fsp3) is 0.462. The Labute approximate surface area is 101 Å². The summed E-state index contributed by atoms with van der Waals surface area (Å²) in [5, 5.41) is 3.04. The van der Waals surface area contributed by atoms with E-state index in [1.165, 1.54) is 0 Å². The second-order valence-electron chi connectivity index (χ2n) is 4.10. The molecule has 0 bridgehead atoms. The first-order valence-corrected chi connectivity index (χ1v) is 5.80. The minimum absolute atomic E-state index is 0.0369. The maximum absolute atomic E-state index is 11.1. The molecule has 1 aromatic rings. The van der Waals surface area contributed by atoms with Gasteiger partial charge in [0.25, 0.3) is 0 Å². The van der Waals surface area contributed by atoms with Gasteiger partial charge in [0, 0.05) is 6.54 Å². The molecule has 0 aliphatic carbocycles. The first-order valence-electron chi connectivity index (χ1n) is 5.80. The van der Waals surface area contributed by atoms with Gasteiger partial charge in [-0.3, -0.25) is 4.79 Å². The summed E-state index contributed by atoms with van der Waals surface area (Å²) in [5.74, 6) is 0.0931. The molecular weight excluding hydrogens is 218 g/mol. The van der Waals surface area contributed by atoms with Crippen LogP contribution < -0.4 is 5.32 Å². The van der Waals surface area contributed by atoms with Crippen LogP contribution in [0.25, 0.3) is 0 Å². The third kappa shape index (κ3) is 4.26. The van der Waals surface area contributed by atoms with Crippen molar-refractivity contribution in [2.45, 2.75) is 12.7 Å². The van der Waals surface area contributed by atoms with Crippen LogP contribution in [0.4, 0.5) is 0 Å². The molecule has 1 saturated heterocycles. The normalized spacial score (nSPS) is 21.2. The Morgan fingerprint density at radius 2 is 2.18 bits per heavy atom. The van der Waals surface area contributed by atoms with E-state index >= 15 is 0 Å². The molecule has 17 heavy (non-hydrogen) atoms. The number of rotatable bonds is 4. The Morgan fingerprint density at radius 3 is 3.00 bits per heavy atom. The van der Waals surface area contributed by atoms with E-state index in [0.29, 0.717) is 26.3 Å². The quantitative estimate of drug-likeness (QED) is 0.837. The van der Waals surface area contributed by atoms with Gasteiger partial charge in [-0.1, -0.05) is 30.3 Å². The number of ketones is 1. The maximum atomic E-state index is 11.1. The molecule has 4 heteroatoms. The van der Waals surface area contributed by atoms with Crippen molar-refractivity contribution in [3.63, 3.8) is 0 Å². The van der Waals surface area contributed by atoms with Gasteiger partial charge in [-0.2, -0.15) is 0 Å². The molecule has 1 aliphatic rings. The highest BCUT2D eigenvalue weighted by Crippen LogP contribution is 2.03. The van der Waals surface area contributed by atoms with E-state index in [9.17, 15) is 4.79 Å². The van der Waals surface area contributed by atoms with E-state index in [0.717, 1.165) is 5.56 Å². The average Bonchev–Trinajstić information content (AvgIpc) is 2.56. The predicted octanol–water partition coefficient (Wildman–Crippen LogP) is 0.761. The third-order valence-electron chi connectivity index (χ3n) is 2.59. The van der Waals surface area contributed by atoms with E-state index < -0.39 is 0 Å². The van der Waals surface area contributed by atoms with Gasteiger partial charge in [0.15, 0.2) is 5.78 Å². The molecule has 2 rings (SSSR count). The maximum Gasteiger partial charge on any atom is 0.172 e. The zero-order valence-corrected chi connectivity index (χ0v) is 9.72. The Balaban J connectivity index is 1.69. The van der Waals surface area contributed by atoms with E-state index in [1.807, 2.05) is 30.3 Å². The van der Waals surface area contributed by atoms with Gasteiger partial charge in [-0.05, 0) is 5.56 Å². The number of hydrogen-bond donors (Lipinski definition) is 1. The van der Waals surface area contributed by atoms with Crippen LogP contribution in [0.3, 0.4) is 0 Å². The number of carbonyl (C=O) groups is 1. The van der Waals surface area contributed by atoms with Crippen LogP contribution in [0.2, 0.25) is 0 Å². The molecule has 0 spiro atoms. The van der Waals surface area contributed by atoms with Gasteiger partial charge < -0.3 is 14.8 Å². The molecule has 0 unspecified atom stereocenters. The first kappa shape index (κ1) is 12.2. The van der Waals surface area contributed by atoms with Gasteiger partial charge in [0.2, 0.25) is 0 Å². The minimum atomic E-state index is -0.0369. The molecule has 1 atom stereocenters. The average molecular weight is 235 g/mol. The Hall–Kier alpha value is -1.23. The smallest absolute Gasteiger partial charge is 0.172 e. The summed E-state index contributed by atoms with van der Waals surface area (Å²) in [6.45, 7) is 2.34. The lowest BCUT2D eigenvalue weighted by molar-refractivity contribution is -0.123. The second kappa shape index (κ2) is 6.49. The van der Waals surface area contributed by atoms with Gasteiger partial charge in [0.1, 0.15) is 6.61 Å². The molecule has 1 aromatic carbocycles. The van der Waals surface area contributed by atoms with Crippen molar-refractivity contribution >= 4 is 5.78 Å². The van der Waals surface area contributed by atoms with Gasteiger partial charge in [-0.15, -0.1) is 0 Å². The molecule has 0 aromatic heterocycles. The molecule has 1 N–H and O–H groups in total. The van der Waals surface area contributed by atoms with E-state index in [-0.39, 0.29) is 18.5 Å². The Morgan fingerprint density at radius 1 is 1.35 bits per heavy atom. The molecular formula is C13H17NO3. The number of carbonyl (C=O) groups excluding carboxylic acids is 1. The van der Waals surface area contributed by atoms with Crippen LogP contribution in [0.5, 0.6) is 0 Å². The van der Waals surface area contributed by atoms with Crippen molar-refractivity contribution in [2.75, 3.05) is 26.3 Å². The topological polar surface area (TPSA) is 47.6 Å². The molecule has 0 amide bonds.